The first-order valence-corrected chi connectivity index (χ1v) is 8.70. The fourth-order valence-electron chi connectivity index (χ4n) is 2.77. The Morgan fingerprint density at radius 2 is 1.71 bits per heavy atom. The summed E-state index contributed by atoms with van der Waals surface area (Å²) in [5, 5.41) is 11.7. The number of rotatable bonds is 5. The van der Waals surface area contributed by atoms with Gasteiger partial charge in [-0.25, -0.2) is 4.39 Å². The van der Waals surface area contributed by atoms with E-state index in [1.807, 2.05) is 43.3 Å². The summed E-state index contributed by atoms with van der Waals surface area (Å²) in [4.78, 5) is 13.8. The van der Waals surface area contributed by atoms with Crippen LogP contribution in [0.1, 0.15) is 5.56 Å². The van der Waals surface area contributed by atoms with Crippen molar-refractivity contribution in [3.8, 4) is 11.4 Å². The highest BCUT2D eigenvalue weighted by molar-refractivity contribution is 5.95. The minimum atomic E-state index is -0.509. The van der Waals surface area contributed by atoms with Crippen LogP contribution in [0.5, 0.6) is 5.75 Å². The lowest BCUT2D eigenvalue weighted by atomic mass is 10.1. The Morgan fingerprint density at radius 3 is 2.46 bits per heavy atom. The summed E-state index contributed by atoms with van der Waals surface area (Å²) in [7, 11) is 0. The first-order valence-electron chi connectivity index (χ1n) is 8.70. The first kappa shape index (κ1) is 17.7. The molecule has 3 aromatic carbocycles. The number of halogens is 1. The summed E-state index contributed by atoms with van der Waals surface area (Å²) in [5.74, 6) is -0.859. The third kappa shape index (κ3) is 3.68. The molecule has 0 fully saturated rings. The van der Waals surface area contributed by atoms with E-state index in [1.165, 1.54) is 12.1 Å². The molecule has 6 nitrogen and oxygen atoms in total. The molecule has 7 heteroatoms. The van der Waals surface area contributed by atoms with Gasteiger partial charge in [-0.05, 0) is 48.9 Å². The van der Waals surface area contributed by atoms with Crippen molar-refractivity contribution in [3.63, 3.8) is 0 Å². The van der Waals surface area contributed by atoms with Gasteiger partial charge in [0.25, 0.3) is 5.91 Å². The highest BCUT2D eigenvalue weighted by Crippen LogP contribution is 2.22. The molecular formula is C21H17FN4O2. The van der Waals surface area contributed by atoms with E-state index in [9.17, 15) is 9.18 Å². The number of hydrogen-bond acceptors (Lipinski definition) is 4. The van der Waals surface area contributed by atoms with Crippen LogP contribution in [-0.4, -0.2) is 27.5 Å². The number of aryl methyl sites for hydroxylation is 1. The van der Waals surface area contributed by atoms with Crippen LogP contribution >= 0.6 is 0 Å². The van der Waals surface area contributed by atoms with Gasteiger partial charge in [0.05, 0.1) is 5.69 Å². The third-order valence-electron chi connectivity index (χ3n) is 4.18. The van der Waals surface area contributed by atoms with Gasteiger partial charge in [-0.2, -0.15) is 4.80 Å². The molecule has 1 aromatic heterocycles. The fraction of sp³-hybridized carbons (Fsp3) is 0.0952. The number of ether oxygens (including phenoxy) is 1. The average molecular weight is 376 g/mol. The maximum absolute atomic E-state index is 13.6. The molecule has 0 unspecified atom stereocenters. The van der Waals surface area contributed by atoms with Crippen molar-refractivity contribution >= 4 is 22.6 Å². The number of nitrogens with one attached hydrogen (secondary N) is 1. The molecule has 0 aliphatic rings. The molecule has 4 rings (SSSR count). The lowest BCUT2D eigenvalue weighted by molar-refractivity contribution is -0.118. The maximum Gasteiger partial charge on any atom is 0.262 e. The van der Waals surface area contributed by atoms with Crippen LogP contribution in [0.2, 0.25) is 0 Å². The molecule has 28 heavy (non-hydrogen) atoms. The Kier molecular flexibility index (Phi) is 4.72. The number of nitrogens with zero attached hydrogens (tertiary/aromatic N) is 3. The van der Waals surface area contributed by atoms with Gasteiger partial charge in [0.2, 0.25) is 0 Å². The van der Waals surface area contributed by atoms with Gasteiger partial charge in [0.1, 0.15) is 11.0 Å². The molecule has 0 saturated heterocycles. The summed E-state index contributed by atoms with van der Waals surface area (Å²) in [5.41, 5.74) is 3.67. The van der Waals surface area contributed by atoms with Gasteiger partial charge in [0.15, 0.2) is 18.2 Å². The summed E-state index contributed by atoms with van der Waals surface area (Å²) < 4.78 is 18.8. The second kappa shape index (κ2) is 7.48. The van der Waals surface area contributed by atoms with Gasteiger partial charge < -0.3 is 10.1 Å². The van der Waals surface area contributed by atoms with E-state index in [1.54, 1.807) is 23.0 Å². The van der Waals surface area contributed by atoms with Crippen molar-refractivity contribution < 1.29 is 13.9 Å². The van der Waals surface area contributed by atoms with Crippen LogP contribution in [0.4, 0.5) is 10.1 Å². The number of para-hydroxylation sites is 2. The van der Waals surface area contributed by atoms with Crippen LogP contribution in [0, 0.1) is 12.7 Å². The summed E-state index contributed by atoms with van der Waals surface area (Å²) >= 11 is 0. The van der Waals surface area contributed by atoms with Gasteiger partial charge in [0, 0.05) is 5.69 Å². The highest BCUT2D eigenvalue weighted by atomic mass is 19.1. The minimum Gasteiger partial charge on any atom is -0.481 e. The predicted octanol–water partition coefficient (Wildman–Crippen LogP) is 3.89. The molecule has 1 heterocycles. The molecule has 0 atom stereocenters. The maximum atomic E-state index is 13.6. The second-order valence-electron chi connectivity index (χ2n) is 6.25. The fourth-order valence-corrected chi connectivity index (χ4v) is 2.77. The van der Waals surface area contributed by atoms with E-state index in [0.717, 1.165) is 16.8 Å². The zero-order valence-corrected chi connectivity index (χ0v) is 15.1. The topological polar surface area (TPSA) is 69.0 Å². The molecule has 1 amide bonds. The standard InChI is InChI=1S/C21H17FN4O2/c1-14-11-18-19(25-26(24-18)15-7-3-2-4-8-15)12-17(14)23-21(27)13-28-20-10-6-5-9-16(20)22/h2-12H,13H2,1H3,(H,23,27). The number of amides is 1. The third-order valence-corrected chi connectivity index (χ3v) is 4.18. The Hall–Kier alpha value is -3.74. The quantitative estimate of drug-likeness (QED) is 0.574. The number of anilines is 1. The van der Waals surface area contributed by atoms with Crippen molar-refractivity contribution in [3.05, 3.63) is 78.1 Å². The smallest absolute Gasteiger partial charge is 0.262 e. The summed E-state index contributed by atoms with van der Waals surface area (Å²) in [6.45, 7) is 1.57. The van der Waals surface area contributed by atoms with Crippen LogP contribution < -0.4 is 10.1 Å². The number of carbonyl (C=O) groups is 1. The zero-order valence-electron chi connectivity index (χ0n) is 15.1. The highest BCUT2D eigenvalue weighted by Gasteiger charge is 2.12. The van der Waals surface area contributed by atoms with Crippen molar-refractivity contribution in [1.29, 1.82) is 0 Å². The molecule has 0 bridgehead atoms. The van der Waals surface area contributed by atoms with Gasteiger partial charge in [-0.1, -0.05) is 30.3 Å². The SMILES string of the molecule is Cc1cc2nn(-c3ccccc3)nc2cc1NC(=O)COc1ccccc1F. The Bertz CT molecular complexity index is 1140. The summed E-state index contributed by atoms with van der Waals surface area (Å²) in [6, 6.07) is 19.1. The van der Waals surface area contributed by atoms with Crippen LogP contribution in [0.15, 0.2) is 66.7 Å². The number of fused-ring (bicyclic) bond motifs is 1. The van der Waals surface area contributed by atoms with Gasteiger partial charge in [-0.3, -0.25) is 4.79 Å². The Morgan fingerprint density at radius 1 is 1.04 bits per heavy atom. The Labute approximate surface area is 160 Å². The van der Waals surface area contributed by atoms with Crippen molar-refractivity contribution in [2.24, 2.45) is 0 Å². The number of aromatic nitrogens is 3. The van der Waals surface area contributed by atoms with Crippen molar-refractivity contribution in [2.75, 3.05) is 11.9 Å². The second-order valence-corrected chi connectivity index (χ2v) is 6.25. The van der Waals surface area contributed by atoms with E-state index in [-0.39, 0.29) is 18.3 Å². The zero-order chi connectivity index (χ0) is 19.5. The van der Waals surface area contributed by atoms with Gasteiger partial charge >= 0.3 is 0 Å². The summed E-state index contributed by atoms with van der Waals surface area (Å²) in [6.07, 6.45) is 0. The molecular weight excluding hydrogens is 359 g/mol. The first-order chi connectivity index (χ1) is 13.6. The van der Waals surface area contributed by atoms with E-state index in [2.05, 4.69) is 15.5 Å². The monoisotopic (exact) mass is 376 g/mol. The van der Waals surface area contributed by atoms with Crippen LogP contribution in [0.3, 0.4) is 0 Å². The van der Waals surface area contributed by atoms with E-state index >= 15 is 0 Å². The number of hydrogen-bond donors (Lipinski definition) is 1. The lowest BCUT2D eigenvalue weighted by Gasteiger charge is -2.10. The normalized spacial score (nSPS) is 10.8. The van der Waals surface area contributed by atoms with Gasteiger partial charge in [-0.15, -0.1) is 10.2 Å². The minimum absolute atomic E-state index is 0.0376. The molecule has 0 aliphatic heterocycles. The molecule has 140 valence electrons. The number of carbonyl (C=O) groups excluding carboxylic acids is 1. The molecule has 0 radical (unpaired) electrons. The molecule has 0 spiro atoms. The largest absolute Gasteiger partial charge is 0.481 e. The van der Waals surface area contributed by atoms with Crippen LogP contribution in [-0.2, 0) is 4.79 Å². The molecule has 1 N–H and O–H groups in total. The molecule has 0 aliphatic carbocycles. The van der Waals surface area contributed by atoms with E-state index in [4.69, 9.17) is 4.74 Å². The van der Waals surface area contributed by atoms with Crippen LogP contribution in [0.25, 0.3) is 16.7 Å². The molecule has 4 aromatic rings. The van der Waals surface area contributed by atoms with E-state index < -0.39 is 5.82 Å². The lowest BCUT2D eigenvalue weighted by Crippen LogP contribution is -2.21. The van der Waals surface area contributed by atoms with Crippen molar-refractivity contribution in [1.82, 2.24) is 15.0 Å². The molecule has 0 saturated carbocycles. The predicted molar refractivity (Wildman–Crippen MR) is 104 cm³/mol. The Balaban J connectivity index is 1.51. The van der Waals surface area contributed by atoms with E-state index in [0.29, 0.717) is 11.2 Å². The average Bonchev–Trinajstić information content (AvgIpc) is 3.11. The number of benzene rings is 3. The van der Waals surface area contributed by atoms with Crippen molar-refractivity contribution in [2.45, 2.75) is 6.92 Å².